The van der Waals surface area contributed by atoms with Crippen LogP contribution in [-0.2, 0) is 0 Å². The number of rotatable bonds is 4. The van der Waals surface area contributed by atoms with Crippen molar-refractivity contribution in [2.24, 2.45) is 0 Å². The number of ketones is 1. The van der Waals surface area contributed by atoms with E-state index in [4.69, 9.17) is 11.6 Å². The summed E-state index contributed by atoms with van der Waals surface area (Å²) in [7, 11) is 0. The number of ether oxygens (including phenoxy) is 1. The predicted octanol–water partition coefficient (Wildman–Crippen LogP) is 4.08. The van der Waals surface area contributed by atoms with E-state index < -0.39 is 35.7 Å². The Morgan fingerprint density at radius 1 is 1.29 bits per heavy atom. The number of Topliss-reactive ketones (excluding diaryl/α,β-unsaturated/α-hetero) is 1. The molecule has 94 valence electrons. The highest BCUT2D eigenvalue weighted by Crippen LogP contribution is 2.34. The van der Waals surface area contributed by atoms with Crippen molar-refractivity contribution in [3.63, 3.8) is 0 Å². The molecule has 1 rings (SSSR count). The van der Waals surface area contributed by atoms with Gasteiger partial charge in [0.15, 0.2) is 5.78 Å². The van der Waals surface area contributed by atoms with Gasteiger partial charge in [0.25, 0.3) is 6.43 Å². The van der Waals surface area contributed by atoms with Gasteiger partial charge < -0.3 is 4.74 Å². The first kappa shape index (κ1) is 13.8. The average molecular weight is 271 g/mol. The normalized spacial score (nSPS) is 11.1. The topological polar surface area (TPSA) is 26.3 Å². The molecule has 0 radical (unpaired) electrons. The van der Waals surface area contributed by atoms with Crippen molar-refractivity contribution in [3.8, 4) is 5.75 Å². The maximum absolute atomic E-state index is 12.6. The van der Waals surface area contributed by atoms with Crippen LogP contribution in [0.25, 0.3) is 0 Å². The molecule has 17 heavy (non-hydrogen) atoms. The summed E-state index contributed by atoms with van der Waals surface area (Å²) in [5.41, 5.74) is -1.30. The minimum absolute atomic E-state index is 0.207. The molecule has 0 heterocycles. The van der Waals surface area contributed by atoms with Crippen LogP contribution in [0.4, 0.5) is 17.6 Å². The number of halogens is 5. The molecule has 1 aromatic rings. The number of benzene rings is 1. The zero-order valence-corrected chi connectivity index (χ0v) is 9.27. The second-order valence-electron chi connectivity index (χ2n) is 3.10. The van der Waals surface area contributed by atoms with Gasteiger partial charge in [-0.1, -0.05) is 11.6 Å². The largest absolute Gasteiger partial charge is 0.434 e. The Morgan fingerprint density at radius 2 is 1.88 bits per heavy atom. The number of hydrogen-bond acceptors (Lipinski definition) is 2. The van der Waals surface area contributed by atoms with Crippen LogP contribution < -0.4 is 4.74 Å². The standard InChI is InChI=1S/C10H7ClF4O2/c1-4(16)8-6(9(12)13)2-5(11)3-7(8)17-10(14)15/h2-3,9-10H,1H3. The summed E-state index contributed by atoms with van der Waals surface area (Å²) in [5.74, 6) is -1.44. The van der Waals surface area contributed by atoms with Gasteiger partial charge in [-0.25, -0.2) is 8.78 Å². The summed E-state index contributed by atoms with van der Waals surface area (Å²) in [4.78, 5) is 11.2. The maximum Gasteiger partial charge on any atom is 0.387 e. The third-order valence-electron chi connectivity index (χ3n) is 1.90. The van der Waals surface area contributed by atoms with Crippen LogP contribution in [0, 0.1) is 0 Å². The maximum atomic E-state index is 12.6. The van der Waals surface area contributed by atoms with Crippen LogP contribution in [0.1, 0.15) is 29.3 Å². The van der Waals surface area contributed by atoms with Crippen molar-refractivity contribution < 1.29 is 27.1 Å². The molecule has 0 bridgehead atoms. The summed E-state index contributed by atoms with van der Waals surface area (Å²) in [5, 5.41) is -0.207. The van der Waals surface area contributed by atoms with Crippen molar-refractivity contribution in [3.05, 3.63) is 28.3 Å². The van der Waals surface area contributed by atoms with Crippen molar-refractivity contribution in [2.75, 3.05) is 0 Å². The number of carbonyl (C=O) groups is 1. The first-order chi connectivity index (χ1) is 7.82. The van der Waals surface area contributed by atoms with Crippen LogP contribution in [0.3, 0.4) is 0 Å². The number of alkyl halides is 4. The SMILES string of the molecule is CC(=O)c1c(OC(F)F)cc(Cl)cc1C(F)F. The zero-order chi connectivity index (χ0) is 13.2. The van der Waals surface area contributed by atoms with E-state index in [0.717, 1.165) is 19.1 Å². The van der Waals surface area contributed by atoms with Crippen LogP contribution >= 0.6 is 11.6 Å². The number of hydrogen-bond donors (Lipinski definition) is 0. The van der Waals surface area contributed by atoms with Crippen molar-refractivity contribution in [1.29, 1.82) is 0 Å². The van der Waals surface area contributed by atoms with Gasteiger partial charge in [0.2, 0.25) is 0 Å². The summed E-state index contributed by atoms with van der Waals surface area (Å²) < 4.78 is 53.4. The summed E-state index contributed by atoms with van der Waals surface area (Å²) in [6.07, 6.45) is -3.01. The van der Waals surface area contributed by atoms with E-state index in [1.807, 2.05) is 0 Å². The second-order valence-corrected chi connectivity index (χ2v) is 3.54. The van der Waals surface area contributed by atoms with Gasteiger partial charge in [-0.05, 0) is 19.1 Å². The second kappa shape index (κ2) is 5.35. The lowest BCUT2D eigenvalue weighted by molar-refractivity contribution is -0.0503. The van der Waals surface area contributed by atoms with E-state index in [1.165, 1.54) is 0 Å². The third-order valence-corrected chi connectivity index (χ3v) is 2.12. The summed E-state index contributed by atoms with van der Waals surface area (Å²) in [6.45, 7) is -2.25. The van der Waals surface area contributed by atoms with Gasteiger partial charge in [-0.2, -0.15) is 8.78 Å². The van der Waals surface area contributed by atoms with Gasteiger partial charge in [-0.15, -0.1) is 0 Å². The molecule has 0 amide bonds. The van der Waals surface area contributed by atoms with Gasteiger partial charge in [0.05, 0.1) is 5.56 Å². The lowest BCUT2D eigenvalue weighted by Gasteiger charge is -2.13. The lowest BCUT2D eigenvalue weighted by Crippen LogP contribution is -2.09. The molecule has 0 N–H and O–H groups in total. The van der Waals surface area contributed by atoms with E-state index in [9.17, 15) is 22.4 Å². The molecule has 0 spiro atoms. The summed E-state index contributed by atoms with van der Waals surface area (Å²) >= 11 is 5.48. The predicted molar refractivity (Wildman–Crippen MR) is 53.0 cm³/mol. The van der Waals surface area contributed by atoms with Crippen LogP contribution in [0.2, 0.25) is 5.02 Å². The van der Waals surface area contributed by atoms with E-state index in [1.54, 1.807) is 0 Å². The molecule has 0 aliphatic heterocycles. The minimum Gasteiger partial charge on any atom is -0.434 e. The van der Waals surface area contributed by atoms with Gasteiger partial charge in [0.1, 0.15) is 5.75 Å². The molecule has 0 aromatic heterocycles. The fraction of sp³-hybridized carbons (Fsp3) is 0.300. The molecule has 0 unspecified atom stereocenters. The van der Waals surface area contributed by atoms with Crippen LogP contribution in [0.5, 0.6) is 5.75 Å². The van der Waals surface area contributed by atoms with E-state index in [2.05, 4.69) is 4.74 Å². The highest BCUT2D eigenvalue weighted by Gasteiger charge is 2.23. The molecule has 7 heteroatoms. The Kier molecular flexibility index (Phi) is 4.34. The highest BCUT2D eigenvalue weighted by molar-refractivity contribution is 6.31. The molecule has 1 aromatic carbocycles. The van der Waals surface area contributed by atoms with Crippen molar-refractivity contribution in [2.45, 2.75) is 20.0 Å². The Labute approximate surface area is 99.1 Å². The quantitative estimate of drug-likeness (QED) is 0.609. The molecule has 0 aliphatic rings. The molecular formula is C10H7ClF4O2. The molecule has 2 nitrogen and oxygen atoms in total. The van der Waals surface area contributed by atoms with Gasteiger partial charge >= 0.3 is 6.61 Å². The zero-order valence-electron chi connectivity index (χ0n) is 8.52. The van der Waals surface area contributed by atoms with E-state index in [-0.39, 0.29) is 5.02 Å². The Hall–Kier alpha value is -1.30. The molecule has 0 saturated heterocycles. The smallest absolute Gasteiger partial charge is 0.387 e. The van der Waals surface area contributed by atoms with E-state index in [0.29, 0.717) is 0 Å². The molecular weight excluding hydrogens is 264 g/mol. The Bertz CT molecular complexity index is 435. The van der Waals surface area contributed by atoms with Crippen molar-refractivity contribution >= 4 is 17.4 Å². The van der Waals surface area contributed by atoms with E-state index >= 15 is 0 Å². The minimum atomic E-state index is -3.22. The Balaban J connectivity index is 3.40. The first-order valence-electron chi connectivity index (χ1n) is 4.40. The molecule has 0 aliphatic carbocycles. The fourth-order valence-corrected chi connectivity index (χ4v) is 1.56. The monoisotopic (exact) mass is 270 g/mol. The molecule has 0 saturated carbocycles. The number of carbonyl (C=O) groups excluding carboxylic acids is 1. The van der Waals surface area contributed by atoms with Gasteiger partial charge in [-0.3, -0.25) is 4.79 Å². The molecule has 0 atom stereocenters. The van der Waals surface area contributed by atoms with Crippen molar-refractivity contribution in [1.82, 2.24) is 0 Å². The summed E-state index contributed by atoms with van der Waals surface area (Å²) in [6, 6.07) is 1.75. The van der Waals surface area contributed by atoms with Gasteiger partial charge in [0, 0.05) is 10.6 Å². The lowest BCUT2D eigenvalue weighted by atomic mass is 10.0. The first-order valence-corrected chi connectivity index (χ1v) is 4.78. The highest BCUT2D eigenvalue weighted by atomic mass is 35.5. The van der Waals surface area contributed by atoms with Crippen LogP contribution in [-0.4, -0.2) is 12.4 Å². The van der Waals surface area contributed by atoms with Crippen LogP contribution in [0.15, 0.2) is 12.1 Å². The fourth-order valence-electron chi connectivity index (χ4n) is 1.34. The Morgan fingerprint density at radius 3 is 2.29 bits per heavy atom. The average Bonchev–Trinajstić information content (AvgIpc) is 2.14. The third kappa shape index (κ3) is 3.33. The molecule has 0 fully saturated rings.